The van der Waals surface area contributed by atoms with Crippen LogP contribution in [0.5, 0.6) is 0 Å². The molecule has 14 heavy (non-hydrogen) atoms. The van der Waals surface area contributed by atoms with Gasteiger partial charge in [-0.05, 0) is 12.8 Å². The number of nitrogens with zero attached hydrogens (tertiary/aromatic N) is 1. The minimum Gasteiger partial charge on any atom is -0.375 e. The number of hydrogen-bond acceptors (Lipinski definition) is 3. The first-order valence-corrected chi connectivity index (χ1v) is 7.02. The molecule has 1 aliphatic carbocycles. The average Bonchev–Trinajstić information content (AvgIpc) is 2.15. The zero-order valence-corrected chi connectivity index (χ0v) is 9.29. The summed E-state index contributed by atoms with van der Waals surface area (Å²) >= 11 is 0. The van der Waals surface area contributed by atoms with Crippen molar-refractivity contribution in [2.45, 2.75) is 37.8 Å². The molecule has 0 aromatic heterocycles. The third-order valence-corrected chi connectivity index (χ3v) is 4.41. The Morgan fingerprint density at radius 3 is 2.71 bits per heavy atom. The average molecular weight is 219 g/mol. The van der Waals surface area contributed by atoms with Gasteiger partial charge in [0.15, 0.2) is 0 Å². The van der Waals surface area contributed by atoms with Crippen molar-refractivity contribution in [3.8, 4) is 0 Å². The van der Waals surface area contributed by atoms with Crippen LogP contribution in [0.4, 0.5) is 0 Å². The van der Waals surface area contributed by atoms with Gasteiger partial charge in [-0.15, -0.1) is 0 Å². The van der Waals surface area contributed by atoms with E-state index in [1.165, 1.54) is 12.7 Å². The minimum atomic E-state index is -3.04. The normalized spacial score (nSPS) is 35.2. The summed E-state index contributed by atoms with van der Waals surface area (Å²) in [5.41, 5.74) is 0. The Hall–Kier alpha value is -0.130. The number of morpholine rings is 1. The summed E-state index contributed by atoms with van der Waals surface area (Å²) in [6.07, 6.45) is 5.69. The Bertz CT molecular complexity index is 299. The van der Waals surface area contributed by atoms with E-state index in [0.717, 1.165) is 19.3 Å². The summed E-state index contributed by atoms with van der Waals surface area (Å²) in [7, 11) is -3.04. The number of sulfonamides is 1. The van der Waals surface area contributed by atoms with Crippen LogP contribution in [0.25, 0.3) is 0 Å². The molecule has 0 radical (unpaired) electrons. The standard InChI is InChI=1S/C9H17NO3S/c1-14(11,12)10-6-7-13-9-5-3-2-4-8(9)10/h8-9H,2-7H2,1H3. The third kappa shape index (κ3) is 1.94. The predicted octanol–water partition coefficient (Wildman–Crippen LogP) is 0.589. The zero-order chi connectivity index (χ0) is 10.2. The third-order valence-electron chi connectivity index (χ3n) is 3.11. The quantitative estimate of drug-likeness (QED) is 0.648. The van der Waals surface area contributed by atoms with Gasteiger partial charge in [-0.25, -0.2) is 8.42 Å². The maximum Gasteiger partial charge on any atom is 0.211 e. The molecule has 2 aliphatic rings. The van der Waals surface area contributed by atoms with Gasteiger partial charge in [-0.3, -0.25) is 0 Å². The van der Waals surface area contributed by atoms with Crippen LogP contribution in [-0.4, -0.2) is 44.3 Å². The largest absolute Gasteiger partial charge is 0.375 e. The first-order chi connectivity index (χ1) is 6.59. The van der Waals surface area contributed by atoms with Crippen LogP contribution in [0.1, 0.15) is 25.7 Å². The SMILES string of the molecule is CS(=O)(=O)N1CCOC2CCCCC21. The lowest BCUT2D eigenvalue weighted by Crippen LogP contribution is -2.54. The van der Waals surface area contributed by atoms with Crippen molar-refractivity contribution in [1.29, 1.82) is 0 Å². The molecular formula is C9H17NO3S. The monoisotopic (exact) mass is 219 g/mol. The fourth-order valence-electron chi connectivity index (χ4n) is 2.47. The topological polar surface area (TPSA) is 46.6 Å². The Morgan fingerprint density at radius 2 is 2.00 bits per heavy atom. The molecule has 2 rings (SSSR count). The van der Waals surface area contributed by atoms with Crippen molar-refractivity contribution in [2.75, 3.05) is 19.4 Å². The first kappa shape index (κ1) is 10.4. The summed E-state index contributed by atoms with van der Waals surface area (Å²) in [5.74, 6) is 0. The van der Waals surface area contributed by atoms with Crippen LogP contribution in [0.15, 0.2) is 0 Å². The van der Waals surface area contributed by atoms with Gasteiger partial charge >= 0.3 is 0 Å². The minimum absolute atomic E-state index is 0.104. The number of hydrogen-bond donors (Lipinski definition) is 0. The second-order valence-electron chi connectivity index (χ2n) is 4.13. The molecule has 2 fully saturated rings. The summed E-state index contributed by atoms with van der Waals surface area (Å²) in [6, 6.07) is 0.104. The van der Waals surface area contributed by atoms with E-state index in [1.807, 2.05) is 0 Å². The fourth-order valence-corrected chi connectivity index (χ4v) is 3.61. The molecule has 2 atom stereocenters. The van der Waals surface area contributed by atoms with Crippen molar-refractivity contribution < 1.29 is 13.2 Å². The number of ether oxygens (including phenoxy) is 1. The van der Waals surface area contributed by atoms with Crippen molar-refractivity contribution in [2.24, 2.45) is 0 Å². The van der Waals surface area contributed by atoms with Crippen LogP contribution < -0.4 is 0 Å². The molecule has 1 saturated carbocycles. The maximum atomic E-state index is 11.5. The molecule has 0 bridgehead atoms. The van der Waals surface area contributed by atoms with Crippen LogP contribution in [0, 0.1) is 0 Å². The van der Waals surface area contributed by atoms with E-state index >= 15 is 0 Å². The van der Waals surface area contributed by atoms with Crippen LogP contribution in [-0.2, 0) is 14.8 Å². The van der Waals surface area contributed by atoms with Crippen molar-refractivity contribution in [1.82, 2.24) is 4.31 Å². The lowest BCUT2D eigenvalue weighted by atomic mass is 9.91. The van der Waals surface area contributed by atoms with Crippen LogP contribution in [0.2, 0.25) is 0 Å². The van der Waals surface area contributed by atoms with Gasteiger partial charge < -0.3 is 4.74 Å². The molecule has 1 aliphatic heterocycles. The lowest BCUT2D eigenvalue weighted by molar-refractivity contribution is -0.0583. The van der Waals surface area contributed by atoms with E-state index in [1.54, 1.807) is 4.31 Å². The molecule has 1 saturated heterocycles. The van der Waals surface area contributed by atoms with Gasteiger partial charge in [0.05, 0.1) is 25.0 Å². The second-order valence-corrected chi connectivity index (χ2v) is 6.07. The molecular weight excluding hydrogens is 202 g/mol. The summed E-state index contributed by atoms with van der Waals surface area (Å²) in [6.45, 7) is 1.08. The van der Waals surface area contributed by atoms with E-state index in [4.69, 9.17) is 4.74 Å². The molecule has 2 unspecified atom stereocenters. The van der Waals surface area contributed by atoms with E-state index < -0.39 is 10.0 Å². The Balaban J connectivity index is 2.17. The van der Waals surface area contributed by atoms with Crippen molar-refractivity contribution >= 4 is 10.0 Å². The molecule has 82 valence electrons. The summed E-state index contributed by atoms with van der Waals surface area (Å²) in [5, 5.41) is 0. The molecule has 0 amide bonds. The summed E-state index contributed by atoms with van der Waals surface area (Å²) in [4.78, 5) is 0. The molecule has 0 aromatic rings. The van der Waals surface area contributed by atoms with Gasteiger partial charge in [0, 0.05) is 6.54 Å². The highest BCUT2D eigenvalue weighted by Gasteiger charge is 2.38. The van der Waals surface area contributed by atoms with Crippen molar-refractivity contribution in [3.63, 3.8) is 0 Å². The molecule has 0 N–H and O–H groups in total. The van der Waals surface area contributed by atoms with Gasteiger partial charge in [-0.2, -0.15) is 4.31 Å². The lowest BCUT2D eigenvalue weighted by Gasteiger charge is -2.42. The van der Waals surface area contributed by atoms with Gasteiger partial charge in [0.25, 0.3) is 0 Å². The van der Waals surface area contributed by atoms with Gasteiger partial charge in [-0.1, -0.05) is 12.8 Å². The molecule has 1 heterocycles. The molecule has 0 spiro atoms. The highest BCUT2D eigenvalue weighted by atomic mass is 32.2. The smallest absolute Gasteiger partial charge is 0.211 e. The number of rotatable bonds is 1. The van der Waals surface area contributed by atoms with E-state index in [9.17, 15) is 8.42 Å². The summed E-state index contributed by atoms with van der Waals surface area (Å²) < 4.78 is 30.2. The van der Waals surface area contributed by atoms with E-state index in [2.05, 4.69) is 0 Å². The Labute approximate surface area is 85.3 Å². The second kappa shape index (κ2) is 3.79. The van der Waals surface area contributed by atoms with E-state index in [-0.39, 0.29) is 12.1 Å². The van der Waals surface area contributed by atoms with Gasteiger partial charge in [0.1, 0.15) is 0 Å². The first-order valence-electron chi connectivity index (χ1n) is 5.17. The Morgan fingerprint density at radius 1 is 1.29 bits per heavy atom. The predicted molar refractivity (Wildman–Crippen MR) is 53.5 cm³/mol. The molecule has 5 heteroatoms. The molecule has 4 nitrogen and oxygen atoms in total. The van der Waals surface area contributed by atoms with E-state index in [0.29, 0.717) is 13.2 Å². The highest BCUT2D eigenvalue weighted by Crippen LogP contribution is 2.29. The molecule has 0 aromatic carbocycles. The zero-order valence-electron chi connectivity index (χ0n) is 8.48. The van der Waals surface area contributed by atoms with Gasteiger partial charge in [0.2, 0.25) is 10.0 Å². The maximum absolute atomic E-state index is 11.5. The number of fused-ring (bicyclic) bond motifs is 1. The highest BCUT2D eigenvalue weighted by molar-refractivity contribution is 7.88. The Kier molecular flexibility index (Phi) is 2.81. The van der Waals surface area contributed by atoms with Crippen molar-refractivity contribution in [3.05, 3.63) is 0 Å². The van der Waals surface area contributed by atoms with Crippen LogP contribution in [0.3, 0.4) is 0 Å². The fraction of sp³-hybridized carbons (Fsp3) is 1.00. The van der Waals surface area contributed by atoms with Crippen LogP contribution >= 0.6 is 0 Å².